The van der Waals surface area contributed by atoms with E-state index in [4.69, 9.17) is 11.3 Å². The van der Waals surface area contributed by atoms with Crippen LogP contribution in [0.4, 0.5) is 0 Å². The van der Waals surface area contributed by atoms with Gasteiger partial charge in [-0.3, -0.25) is 0 Å². The summed E-state index contributed by atoms with van der Waals surface area (Å²) in [4.78, 5) is 0. The van der Waals surface area contributed by atoms with Crippen molar-refractivity contribution in [2.45, 2.75) is 51.4 Å². The molecule has 4 heteroatoms. The summed E-state index contributed by atoms with van der Waals surface area (Å²) in [5.41, 5.74) is -0.223. The van der Waals surface area contributed by atoms with Crippen molar-refractivity contribution in [2.24, 2.45) is 0 Å². The molecule has 0 aliphatic heterocycles. The van der Waals surface area contributed by atoms with Crippen LogP contribution >= 0.6 is 0 Å². The Balaban J connectivity index is 4.91. The van der Waals surface area contributed by atoms with Gasteiger partial charge in [0.1, 0.15) is 0 Å². The van der Waals surface area contributed by atoms with Gasteiger partial charge in [-0.15, -0.1) is 0 Å². The maximum absolute atomic E-state index is 6.03. The molecule has 0 heterocycles. The molecule has 0 saturated heterocycles. The first-order chi connectivity index (χ1) is 6.08. The predicted octanol–water partition coefficient (Wildman–Crippen LogP) is 2.83. The van der Waals surface area contributed by atoms with E-state index in [1.54, 1.807) is 14.2 Å². The molecular weight excluding hydrogens is 241 g/mol. The molecule has 0 aromatic rings. The SMILES string of the molecule is C[O][Ge]([O]C)([O]C(C)(C)C)[C](C)(C)C. The molecule has 0 N–H and O–H groups in total. The molecular formula is C10H24GeO3. The van der Waals surface area contributed by atoms with Crippen molar-refractivity contribution >= 4 is 14.3 Å². The third-order valence-corrected chi connectivity index (χ3v) is 9.85. The van der Waals surface area contributed by atoms with Crippen molar-refractivity contribution in [3.8, 4) is 0 Å². The Bertz CT molecular complexity index is 175. The molecule has 0 aromatic carbocycles. The van der Waals surface area contributed by atoms with Crippen LogP contribution in [-0.2, 0) is 11.3 Å². The van der Waals surface area contributed by atoms with Gasteiger partial charge >= 0.3 is 91.2 Å². The van der Waals surface area contributed by atoms with Gasteiger partial charge in [0.15, 0.2) is 0 Å². The molecule has 0 bridgehead atoms. The monoisotopic (exact) mass is 266 g/mol. The Labute approximate surface area is 91.5 Å². The fourth-order valence-electron chi connectivity index (χ4n) is 1.34. The maximum atomic E-state index is 6.03. The quantitative estimate of drug-likeness (QED) is 0.734. The van der Waals surface area contributed by atoms with Crippen molar-refractivity contribution in [3.63, 3.8) is 0 Å². The minimum absolute atomic E-state index is 0.0588. The molecule has 0 fully saturated rings. The third kappa shape index (κ3) is 3.53. The Morgan fingerprint density at radius 3 is 1.21 bits per heavy atom. The van der Waals surface area contributed by atoms with Crippen LogP contribution in [0.15, 0.2) is 0 Å². The van der Waals surface area contributed by atoms with E-state index in [2.05, 4.69) is 20.8 Å². The standard InChI is InChI=1S/C10H24GeO3/c1-9(2,3)11(12-7,13-8)14-10(4,5)6/h1-8H3. The van der Waals surface area contributed by atoms with E-state index in [1.165, 1.54) is 0 Å². The normalized spacial score (nSPS) is 14.6. The van der Waals surface area contributed by atoms with Crippen molar-refractivity contribution in [1.82, 2.24) is 0 Å². The van der Waals surface area contributed by atoms with Gasteiger partial charge in [0, 0.05) is 0 Å². The van der Waals surface area contributed by atoms with Crippen LogP contribution in [0.1, 0.15) is 41.5 Å². The van der Waals surface area contributed by atoms with Crippen LogP contribution in [-0.4, -0.2) is 34.1 Å². The van der Waals surface area contributed by atoms with Gasteiger partial charge < -0.3 is 0 Å². The number of rotatable bonds is 3. The number of hydrogen-bond acceptors (Lipinski definition) is 3. The van der Waals surface area contributed by atoms with E-state index in [0.717, 1.165) is 0 Å². The average molecular weight is 265 g/mol. The van der Waals surface area contributed by atoms with Gasteiger partial charge in [-0.05, 0) is 0 Å². The Morgan fingerprint density at radius 2 is 1.14 bits per heavy atom. The van der Waals surface area contributed by atoms with E-state index in [0.29, 0.717) is 0 Å². The molecule has 0 amide bonds. The van der Waals surface area contributed by atoms with E-state index in [9.17, 15) is 0 Å². The van der Waals surface area contributed by atoms with Gasteiger partial charge in [-0.2, -0.15) is 0 Å². The summed E-state index contributed by atoms with van der Waals surface area (Å²) in [7, 11) is 3.36. The molecule has 0 radical (unpaired) electrons. The zero-order valence-corrected chi connectivity index (χ0v) is 12.8. The van der Waals surface area contributed by atoms with Gasteiger partial charge in [0.25, 0.3) is 0 Å². The summed E-state index contributed by atoms with van der Waals surface area (Å²) in [6.07, 6.45) is 0. The third-order valence-electron chi connectivity index (χ3n) is 1.90. The Hall–Kier alpha value is 0.423. The number of hydrogen-bond donors (Lipinski definition) is 0. The molecule has 14 heavy (non-hydrogen) atoms. The second-order valence-electron chi connectivity index (χ2n) is 5.43. The van der Waals surface area contributed by atoms with E-state index < -0.39 is 14.3 Å². The predicted molar refractivity (Wildman–Crippen MR) is 60.3 cm³/mol. The average Bonchev–Trinajstić information content (AvgIpc) is 1.96. The van der Waals surface area contributed by atoms with E-state index in [1.807, 2.05) is 20.8 Å². The molecule has 0 saturated carbocycles. The molecule has 3 nitrogen and oxygen atoms in total. The molecule has 0 unspecified atom stereocenters. The molecule has 0 aromatic heterocycles. The van der Waals surface area contributed by atoms with Gasteiger partial charge in [0.2, 0.25) is 0 Å². The van der Waals surface area contributed by atoms with Crippen LogP contribution < -0.4 is 0 Å². The van der Waals surface area contributed by atoms with Crippen molar-refractivity contribution in [1.29, 1.82) is 0 Å². The van der Waals surface area contributed by atoms with Crippen LogP contribution in [0.2, 0.25) is 4.25 Å². The van der Waals surface area contributed by atoms with Gasteiger partial charge in [-0.25, -0.2) is 0 Å². The van der Waals surface area contributed by atoms with Gasteiger partial charge in [0.05, 0.1) is 0 Å². The van der Waals surface area contributed by atoms with Crippen LogP contribution in [0, 0.1) is 0 Å². The minimum atomic E-state index is -3.14. The summed E-state index contributed by atoms with van der Waals surface area (Å²) in [5.74, 6) is 0. The molecule has 0 atom stereocenters. The summed E-state index contributed by atoms with van der Waals surface area (Å²) < 4.78 is 17.1. The summed E-state index contributed by atoms with van der Waals surface area (Å²) in [5, 5.41) is 0. The Morgan fingerprint density at radius 1 is 0.786 bits per heavy atom. The zero-order chi connectivity index (χ0) is 11.6. The molecule has 0 spiro atoms. The van der Waals surface area contributed by atoms with Crippen LogP contribution in [0.3, 0.4) is 0 Å². The van der Waals surface area contributed by atoms with Crippen molar-refractivity contribution < 1.29 is 11.3 Å². The molecule has 0 aliphatic rings. The van der Waals surface area contributed by atoms with E-state index >= 15 is 0 Å². The summed E-state index contributed by atoms with van der Waals surface area (Å²) in [6, 6.07) is 0. The van der Waals surface area contributed by atoms with Gasteiger partial charge in [-0.1, -0.05) is 0 Å². The summed E-state index contributed by atoms with van der Waals surface area (Å²) in [6.45, 7) is 12.4. The van der Waals surface area contributed by atoms with Crippen molar-refractivity contribution in [2.75, 3.05) is 14.2 Å². The zero-order valence-electron chi connectivity index (χ0n) is 10.7. The second-order valence-corrected chi connectivity index (χ2v) is 13.1. The fraction of sp³-hybridized carbons (Fsp3) is 1.00. The molecule has 0 rings (SSSR count). The van der Waals surface area contributed by atoms with Crippen molar-refractivity contribution in [3.05, 3.63) is 0 Å². The molecule has 0 aliphatic carbocycles. The fourth-order valence-corrected chi connectivity index (χ4v) is 6.94. The topological polar surface area (TPSA) is 27.7 Å². The Kier molecular flexibility index (Phi) is 4.65. The first-order valence-electron chi connectivity index (χ1n) is 4.88. The van der Waals surface area contributed by atoms with Crippen LogP contribution in [0.5, 0.6) is 0 Å². The van der Waals surface area contributed by atoms with Crippen LogP contribution in [0.25, 0.3) is 0 Å². The van der Waals surface area contributed by atoms with E-state index in [-0.39, 0.29) is 9.85 Å². The first kappa shape index (κ1) is 14.4. The first-order valence-corrected chi connectivity index (χ1v) is 8.50. The second kappa shape index (κ2) is 4.51. The summed E-state index contributed by atoms with van der Waals surface area (Å²) >= 11 is -3.14. The molecule has 86 valence electrons.